The van der Waals surface area contributed by atoms with E-state index in [1.165, 1.54) is 19.2 Å². The zero-order valence-corrected chi connectivity index (χ0v) is 18.1. The van der Waals surface area contributed by atoms with Gasteiger partial charge >= 0.3 is 0 Å². The maximum absolute atomic E-state index is 12.9. The van der Waals surface area contributed by atoms with Crippen LogP contribution in [-0.4, -0.2) is 99.7 Å². The van der Waals surface area contributed by atoms with Crippen molar-refractivity contribution in [2.45, 2.75) is 51.1 Å². The molecule has 2 amide bonds. The molecule has 3 N–H and O–H groups in total. The molecule has 31 heavy (non-hydrogen) atoms. The number of hydrogen-bond donors (Lipinski definition) is 3. The Bertz CT molecular complexity index is 717. The first-order valence-corrected chi connectivity index (χ1v) is 11.0. The zero-order valence-electron chi connectivity index (χ0n) is 18.1. The zero-order chi connectivity index (χ0) is 22.2. The summed E-state index contributed by atoms with van der Waals surface area (Å²) < 4.78 is 0. The highest BCUT2D eigenvalue weighted by Crippen LogP contribution is 2.35. The average molecular weight is 436 g/mol. The van der Waals surface area contributed by atoms with Crippen molar-refractivity contribution < 1.29 is 19.5 Å². The molecular weight excluding hydrogens is 402 g/mol. The number of aromatic nitrogens is 3. The highest BCUT2D eigenvalue weighted by atomic mass is 16.3. The highest BCUT2D eigenvalue weighted by molar-refractivity contribution is 5.77. The standard InChI is InChI=1S/C19H31N7O2.CH2O2/c1-14(27)20-11-17-5-4-16(26(17)12-15-2-3-15)10-18(28)24-6-8-25(9-7-24)19-21-13-22-23-19;2-1-3/h13,15-17H,2-12H2,1H3,(H,20,27)(H,21,22,23);1H,(H,2,3)/t16-,17+;/m0./s1. The smallest absolute Gasteiger partial charge is 0.290 e. The lowest BCUT2D eigenvalue weighted by atomic mass is 10.1. The minimum atomic E-state index is -0.250. The minimum absolute atomic E-state index is 0.0236. The predicted molar refractivity (Wildman–Crippen MR) is 113 cm³/mol. The van der Waals surface area contributed by atoms with Crippen molar-refractivity contribution in [3.8, 4) is 0 Å². The molecule has 1 aliphatic carbocycles. The molecule has 1 aromatic rings. The van der Waals surface area contributed by atoms with Gasteiger partial charge in [0.05, 0.1) is 0 Å². The number of nitrogens with zero attached hydrogens (tertiary/aromatic N) is 5. The number of hydrogen-bond acceptors (Lipinski definition) is 7. The number of piperazine rings is 1. The van der Waals surface area contributed by atoms with Crippen LogP contribution in [0.1, 0.15) is 39.0 Å². The summed E-state index contributed by atoms with van der Waals surface area (Å²) in [5.41, 5.74) is 0. The number of H-pyrrole nitrogens is 1. The first-order chi connectivity index (χ1) is 15.0. The molecular formula is C20H33N7O4. The number of amides is 2. The van der Waals surface area contributed by atoms with Crippen LogP contribution in [0.3, 0.4) is 0 Å². The van der Waals surface area contributed by atoms with Crippen LogP contribution in [0.15, 0.2) is 6.33 Å². The molecule has 172 valence electrons. The lowest BCUT2D eigenvalue weighted by molar-refractivity contribution is -0.133. The summed E-state index contributed by atoms with van der Waals surface area (Å²) in [6.07, 6.45) is 6.80. The fourth-order valence-electron chi connectivity index (χ4n) is 4.46. The quantitative estimate of drug-likeness (QED) is 0.507. The Labute approximate surface area is 182 Å². The molecule has 0 aromatic carbocycles. The van der Waals surface area contributed by atoms with Gasteiger partial charge in [-0.2, -0.15) is 10.1 Å². The van der Waals surface area contributed by atoms with Crippen molar-refractivity contribution in [1.82, 2.24) is 30.3 Å². The number of carbonyl (C=O) groups excluding carboxylic acids is 2. The fraction of sp³-hybridized carbons (Fsp3) is 0.750. The van der Waals surface area contributed by atoms with Crippen molar-refractivity contribution in [1.29, 1.82) is 0 Å². The highest BCUT2D eigenvalue weighted by Gasteiger charge is 2.38. The Balaban J connectivity index is 0.000000858. The molecule has 4 rings (SSSR count). The van der Waals surface area contributed by atoms with Crippen molar-refractivity contribution >= 4 is 24.2 Å². The van der Waals surface area contributed by atoms with Gasteiger partial charge in [-0.25, -0.2) is 5.10 Å². The van der Waals surface area contributed by atoms with Crippen LogP contribution in [0.25, 0.3) is 0 Å². The van der Waals surface area contributed by atoms with E-state index in [1.54, 1.807) is 6.92 Å². The molecule has 0 unspecified atom stereocenters. The Morgan fingerprint density at radius 2 is 1.87 bits per heavy atom. The molecule has 11 heteroatoms. The van der Waals surface area contributed by atoms with E-state index in [-0.39, 0.29) is 18.3 Å². The van der Waals surface area contributed by atoms with Crippen molar-refractivity contribution in [2.75, 3.05) is 44.2 Å². The van der Waals surface area contributed by atoms with Gasteiger partial charge in [0, 0.05) is 64.7 Å². The molecule has 2 atom stereocenters. The van der Waals surface area contributed by atoms with Crippen LogP contribution in [-0.2, 0) is 14.4 Å². The van der Waals surface area contributed by atoms with Gasteiger partial charge in [0.1, 0.15) is 6.33 Å². The summed E-state index contributed by atoms with van der Waals surface area (Å²) >= 11 is 0. The molecule has 2 saturated heterocycles. The van der Waals surface area contributed by atoms with E-state index in [1.807, 2.05) is 4.90 Å². The van der Waals surface area contributed by atoms with E-state index < -0.39 is 0 Å². The molecule has 0 radical (unpaired) electrons. The van der Waals surface area contributed by atoms with Crippen LogP contribution in [0.4, 0.5) is 5.95 Å². The normalized spacial score (nSPS) is 23.8. The Hall–Kier alpha value is -2.69. The number of nitrogens with one attached hydrogen (secondary N) is 2. The molecule has 3 fully saturated rings. The average Bonchev–Trinajstić information content (AvgIpc) is 3.25. The van der Waals surface area contributed by atoms with E-state index >= 15 is 0 Å². The van der Waals surface area contributed by atoms with Crippen LogP contribution >= 0.6 is 0 Å². The number of likely N-dealkylation sites (tertiary alicyclic amines) is 1. The van der Waals surface area contributed by atoms with E-state index in [9.17, 15) is 9.59 Å². The van der Waals surface area contributed by atoms with E-state index in [0.717, 1.165) is 57.4 Å². The predicted octanol–water partition coefficient (Wildman–Crippen LogP) is -0.0767. The van der Waals surface area contributed by atoms with Gasteiger partial charge in [0.25, 0.3) is 6.47 Å². The van der Waals surface area contributed by atoms with Gasteiger partial charge in [0.2, 0.25) is 17.8 Å². The fourth-order valence-corrected chi connectivity index (χ4v) is 4.46. The molecule has 0 bridgehead atoms. The summed E-state index contributed by atoms with van der Waals surface area (Å²) in [5, 5.41) is 16.6. The van der Waals surface area contributed by atoms with Crippen LogP contribution in [0.5, 0.6) is 0 Å². The maximum atomic E-state index is 12.9. The van der Waals surface area contributed by atoms with Crippen LogP contribution < -0.4 is 10.2 Å². The minimum Gasteiger partial charge on any atom is -0.483 e. The summed E-state index contributed by atoms with van der Waals surface area (Å²) in [5.74, 6) is 1.83. The monoisotopic (exact) mass is 435 g/mol. The molecule has 0 spiro atoms. The molecule has 1 aromatic heterocycles. The first kappa shape index (κ1) is 23.0. The third kappa shape index (κ3) is 6.65. The summed E-state index contributed by atoms with van der Waals surface area (Å²) in [4.78, 5) is 43.4. The van der Waals surface area contributed by atoms with Crippen molar-refractivity contribution in [2.24, 2.45) is 5.92 Å². The van der Waals surface area contributed by atoms with Gasteiger partial charge < -0.3 is 20.2 Å². The molecule has 11 nitrogen and oxygen atoms in total. The summed E-state index contributed by atoms with van der Waals surface area (Å²) in [7, 11) is 0. The topological polar surface area (TPSA) is 135 Å². The van der Waals surface area contributed by atoms with Gasteiger partial charge in [-0.05, 0) is 31.6 Å². The molecule has 3 heterocycles. The molecule has 3 aliphatic rings. The SMILES string of the molecule is CC(=O)NC[C@H]1CC[C@@H](CC(=O)N2CCN(c3ncn[nH]3)CC2)N1CC1CC1.O=CO. The Morgan fingerprint density at radius 1 is 1.19 bits per heavy atom. The number of carbonyl (C=O) groups is 3. The van der Waals surface area contributed by atoms with E-state index in [2.05, 4.69) is 30.3 Å². The Kier molecular flexibility index (Phi) is 8.21. The van der Waals surface area contributed by atoms with Gasteiger partial charge in [0.15, 0.2) is 0 Å². The maximum Gasteiger partial charge on any atom is 0.290 e. The lowest BCUT2D eigenvalue weighted by Crippen LogP contribution is -2.51. The van der Waals surface area contributed by atoms with Gasteiger partial charge in [-0.15, -0.1) is 0 Å². The van der Waals surface area contributed by atoms with Crippen molar-refractivity contribution in [3.05, 3.63) is 6.33 Å². The second-order valence-corrected chi connectivity index (χ2v) is 8.45. The largest absolute Gasteiger partial charge is 0.483 e. The third-order valence-corrected chi connectivity index (χ3v) is 6.27. The van der Waals surface area contributed by atoms with Crippen molar-refractivity contribution in [3.63, 3.8) is 0 Å². The third-order valence-electron chi connectivity index (χ3n) is 6.27. The number of aromatic amines is 1. The number of rotatable bonds is 7. The number of anilines is 1. The second kappa shape index (κ2) is 11.1. The second-order valence-electron chi connectivity index (χ2n) is 8.45. The first-order valence-electron chi connectivity index (χ1n) is 11.0. The van der Waals surface area contributed by atoms with Gasteiger partial charge in [-0.3, -0.25) is 19.3 Å². The lowest BCUT2D eigenvalue weighted by Gasteiger charge is -2.36. The summed E-state index contributed by atoms with van der Waals surface area (Å²) in [6, 6.07) is 0.671. The number of carboxylic acid groups (broad SMARTS) is 1. The van der Waals surface area contributed by atoms with Crippen LogP contribution in [0.2, 0.25) is 0 Å². The van der Waals surface area contributed by atoms with Crippen LogP contribution in [0, 0.1) is 5.92 Å². The van der Waals surface area contributed by atoms with Gasteiger partial charge in [-0.1, -0.05) is 0 Å². The van der Waals surface area contributed by atoms with E-state index in [4.69, 9.17) is 9.90 Å². The summed E-state index contributed by atoms with van der Waals surface area (Å²) in [6.45, 7) is 6.10. The molecule has 2 aliphatic heterocycles. The van der Waals surface area contributed by atoms with E-state index in [0.29, 0.717) is 25.0 Å². The Morgan fingerprint density at radius 3 is 2.45 bits per heavy atom. The molecule has 1 saturated carbocycles.